The largest absolute Gasteiger partial charge is 0.481 e. The van der Waals surface area contributed by atoms with Gasteiger partial charge in [0.25, 0.3) is 0 Å². The molecule has 6 heteroatoms. The fourth-order valence-corrected chi connectivity index (χ4v) is 3.33. The zero-order valence-electron chi connectivity index (χ0n) is 10.7. The van der Waals surface area contributed by atoms with Crippen LogP contribution in [0.4, 0.5) is 0 Å². The van der Waals surface area contributed by atoms with E-state index in [1.165, 1.54) is 6.42 Å². The first-order valence-electron chi connectivity index (χ1n) is 6.12. The summed E-state index contributed by atoms with van der Waals surface area (Å²) in [4.78, 5) is 15.1. The molecule has 0 aromatic carbocycles. The highest BCUT2D eigenvalue weighted by molar-refractivity contribution is 7.99. The van der Waals surface area contributed by atoms with Crippen molar-refractivity contribution >= 4 is 17.7 Å². The molecule has 1 aliphatic rings. The molecule has 1 saturated heterocycles. The Morgan fingerprint density at radius 2 is 2.39 bits per heavy atom. The molecule has 1 atom stereocenters. The molecule has 1 fully saturated rings. The fraction of sp³-hybridized carbons (Fsp3) is 0.750. The summed E-state index contributed by atoms with van der Waals surface area (Å²) >= 11 is 1.86. The number of thioether (sulfide) groups is 1. The number of nitrogens with zero attached hydrogens (tertiary/aromatic N) is 2. The molecule has 1 N–H and O–H groups in total. The highest BCUT2D eigenvalue weighted by Crippen LogP contribution is 2.38. The lowest BCUT2D eigenvalue weighted by Gasteiger charge is -2.19. The predicted molar refractivity (Wildman–Crippen MR) is 68.5 cm³/mol. The number of carboxylic acid groups (broad SMARTS) is 1. The molecule has 0 spiro atoms. The van der Waals surface area contributed by atoms with E-state index in [1.807, 2.05) is 25.6 Å². The van der Waals surface area contributed by atoms with Crippen LogP contribution in [-0.2, 0) is 11.2 Å². The molecule has 0 saturated carbocycles. The second-order valence-corrected chi connectivity index (χ2v) is 6.77. The Morgan fingerprint density at radius 3 is 3.00 bits per heavy atom. The Labute approximate surface area is 110 Å². The SMILES string of the molecule is CC(C)(CC(=O)O)Cc1nc(C2CCCS2)no1. The molecule has 0 bridgehead atoms. The van der Waals surface area contributed by atoms with Crippen LogP contribution in [0.15, 0.2) is 4.52 Å². The van der Waals surface area contributed by atoms with Crippen molar-refractivity contribution in [3.63, 3.8) is 0 Å². The highest BCUT2D eigenvalue weighted by Gasteiger charge is 2.27. The number of carbonyl (C=O) groups is 1. The molecule has 0 amide bonds. The van der Waals surface area contributed by atoms with Crippen LogP contribution in [0.3, 0.4) is 0 Å². The van der Waals surface area contributed by atoms with Crippen molar-refractivity contribution in [2.45, 2.75) is 44.8 Å². The van der Waals surface area contributed by atoms with Crippen LogP contribution < -0.4 is 0 Å². The Bertz CT molecular complexity index is 425. The van der Waals surface area contributed by atoms with Crippen molar-refractivity contribution in [1.82, 2.24) is 10.1 Å². The third-order valence-corrected chi connectivity index (χ3v) is 4.33. The van der Waals surface area contributed by atoms with Crippen LogP contribution in [-0.4, -0.2) is 27.0 Å². The lowest BCUT2D eigenvalue weighted by molar-refractivity contribution is -0.139. The molecule has 1 aromatic rings. The smallest absolute Gasteiger partial charge is 0.303 e. The Balaban J connectivity index is 1.99. The molecule has 0 radical (unpaired) electrons. The molecule has 0 aliphatic carbocycles. The van der Waals surface area contributed by atoms with Gasteiger partial charge in [-0.3, -0.25) is 4.79 Å². The van der Waals surface area contributed by atoms with Gasteiger partial charge in [0, 0.05) is 6.42 Å². The van der Waals surface area contributed by atoms with Crippen molar-refractivity contribution in [3.05, 3.63) is 11.7 Å². The minimum Gasteiger partial charge on any atom is -0.481 e. The van der Waals surface area contributed by atoms with Crippen molar-refractivity contribution < 1.29 is 14.4 Å². The molecular formula is C12H18N2O3S. The van der Waals surface area contributed by atoms with Crippen molar-refractivity contribution in [3.8, 4) is 0 Å². The molecule has 2 heterocycles. The van der Waals surface area contributed by atoms with Gasteiger partial charge in [-0.15, -0.1) is 0 Å². The zero-order valence-corrected chi connectivity index (χ0v) is 11.5. The summed E-state index contributed by atoms with van der Waals surface area (Å²) in [7, 11) is 0. The van der Waals surface area contributed by atoms with E-state index < -0.39 is 5.97 Å². The monoisotopic (exact) mass is 270 g/mol. The molecule has 2 rings (SSSR count). The first-order valence-corrected chi connectivity index (χ1v) is 7.17. The van der Waals surface area contributed by atoms with Crippen molar-refractivity contribution in [2.75, 3.05) is 5.75 Å². The average Bonchev–Trinajstić information content (AvgIpc) is 2.82. The van der Waals surface area contributed by atoms with E-state index in [4.69, 9.17) is 9.63 Å². The standard InChI is InChI=1S/C12H18N2O3S/c1-12(2,7-10(15)16)6-9-13-11(14-17-9)8-4-3-5-18-8/h8H,3-7H2,1-2H3,(H,15,16). The van der Waals surface area contributed by atoms with E-state index in [1.54, 1.807) is 0 Å². The van der Waals surface area contributed by atoms with Gasteiger partial charge in [-0.1, -0.05) is 19.0 Å². The predicted octanol–water partition coefficient (Wildman–Crippen LogP) is 2.68. The fourth-order valence-electron chi connectivity index (χ4n) is 2.13. The summed E-state index contributed by atoms with van der Waals surface area (Å²) in [5.74, 6) is 1.66. The second kappa shape index (κ2) is 5.30. The number of aromatic nitrogens is 2. The van der Waals surface area contributed by atoms with Gasteiger partial charge in [-0.2, -0.15) is 16.7 Å². The molecule has 1 aliphatic heterocycles. The van der Waals surface area contributed by atoms with Crippen LogP contribution in [0.1, 0.15) is 50.1 Å². The molecule has 1 unspecified atom stereocenters. The molecule has 18 heavy (non-hydrogen) atoms. The van der Waals surface area contributed by atoms with Gasteiger partial charge in [0.15, 0.2) is 5.82 Å². The van der Waals surface area contributed by atoms with E-state index in [0.717, 1.165) is 18.0 Å². The van der Waals surface area contributed by atoms with Crippen LogP contribution in [0.25, 0.3) is 0 Å². The third-order valence-electron chi connectivity index (χ3n) is 2.96. The maximum absolute atomic E-state index is 10.7. The Hall–Kier alpha value is -1.04. The number of carboxylic acids is 1. The van der Waals surface area contributed by atoms with Gasteiger partial charge in [0.05, 0.1) is 11.7 Å². The normalized spacial score (nSPS) is 20.2. The van der Waals surface area contributed by atoms with E-state index in [-0.39, 0.29) is 11.8 Å². The van der Waals surface area contributed by atoms with Crippen LogP contribution in [0.2, 0.25) is 0 Å². The lowest BCUT2D eigenvalue weighted by Crippen LogP contribution is -2.19. The first kappa shape index (κ1) is 13.4. The zero-order chi connectivity index (χ0) is 13.2. The second-order valence-electron chi connectivity index (χ2n) is 5.46. The Kier molecular flexibility index (Phi) is 3.94. The van der Waals surface area contributed by atoms with Gasteiger partial charge in [0.2, 0.25) is 5.89 Å². The van der Waals surface area contributed by atoms with Gasteiger partial charge >= 0.3 is 5.97 Å². The summed E-state index contributed by atoms with van der Waals surface area (Å²) < 4.78 is 5.23. The number of rotatable bonds is 5. The summed E-state index contributed by atoms with van der Waals surface area (Å²) in [6, 6.07) is 0. The number of hydrogen-bond donors (Lipinski definition) is 1. The average molecular weight is 270 g/mol. The molecule has 1 aromatic heterocycles. The van der Waals surface area contributed by atoms with Crippen LogP contribution in [0.5, 0.6) is 0 Å². The van der Waals surface area contributed by atoms with Gasteiger partial charge in [0.1, 0.15) is 0 Å². The van der Waals surface area contributed by atoms with E-state index >= 15 is 0 Å². The maximum atomic E-state index is 10.7. The quantitative estimate of drug-likeness (QED) is 0.886. The van der Waals surface area contributed by atoms with Gasteiger partial charge < -0.3 is 9.63 Å². The number of hydrogen-bond acceptors (Lipinski definition) is 5. The molecular weight excluding hydrogens is 252 g/mol. The van der Waals surface area contributed by atoms with Crippen molar-refractivity contribution in [2.24, 2.45) is 5.41 Å². The minimum absolute atomic E-state index is 0.100. The topological polar surface area (TPSA) is 76.2 Å². The summed E-state index contributed by atoms with van der Waals surface area (Å²) in [5.41, 5.74) is -0.363. The minimum atomic E-state index is -0.800. The summed E-state index contributed by atoms with van der Waals surface area (Å²) in [5, 5.41) is 13.2. The van der Waals surface area contributed by atoms with E-state index in [2.05, 4.69) is 10.1 Å². The van der Waals surface area contributed by atoms with Crippen LogP contribution in [0, 0.1) is 5.41 Å². The molecule has 100 valence electrons. The van der Waals surface area contributed by atoms with Gasteiger partial charge in [-0.25, -0.2) is 0 Å². The Morgan fingerprint density at radius 1 is 1.61 bits per heavy atom. The summed E-state index contributed by atoms with van der Waals surface area (Å²) in [6.07, 6.45) is 2.90. The van der Waals surface area contributed by atoms with Crippen molar-refractivity contribution in [1.29, 1.82) is 0 Å². The van der Waals surface area contributed by atoms with E-state index in [9.17, 15) is 4.79 Å². The number of aliphatic carboxylic acids is 1. The molecule has 5 nitrogen and oxygen atoms in total. The summed E-state index contributed by atoms with van der Waals surface area (Å²) in [6.45, 7) is 3.80. The van der Waals surface area contributed by atoms with E-state index in [0.29, 0.717) is 17.6 Å². The highest BCUT2D eigenvalue weighted by atomic mass is 32.2. The lowest BCUT2D eigenvalue weighted by atomic mass is 9.86. The van der Waals surface area contributed by atoms with Gasteiger partial charge in [-0.05, 0) is 24.0 Å². The third kappa shape index (κ3) is 3.48. The van der Waals surface area contributed by atoms with Crippen LogP contribution >= 0.6 is 11.8 Å². The first-order chi connectivity index (χ1) is 8.46. The maximum Gasteiger partial charge on any atom is 0.303 e.